The molecule has 0 saturated carbocycles. The van der Waals surface area contributed by atoms with Gasteiger partial charge < -0.3 is 0 Å². The van der Waals surface area contributed by atoms with Gasteiger partial charge in [-0.3, -0.25) is 0 Å². The molecule has 1 unspecified atom stereocenters. The van der Waals surface area contributed by atoms with Gasteiger partial charge in [-0.15, -0.1) is 0 Å². The maximum atomic E-state index is 2.33. The van der Waals surface area contributed by atoms with E-state index in [9.17, 15) is 0 Å². The third kappa shape index (κ3) is 6.46. The van der Waals surface area contributed by atoms with Crippen LogP contribution in [0.15, 0.2) is 0 Å². The van der Waals surface area contributed by atoms with Crippen molar-refractivity contribution < 1.29 is 0 Å². The van der Waals surface area contributed by atoms with Crippen LogP contribution in [-0.4, -0.2) is 7.85 Å². The average Bonchev–Trinajstić information content (AvgIpc) is 1.87. The molecule has 66 valence electrons. The van der Waals surface area contributed by atoms with E-state index in [4.69, 9.17) is 0 Å². The highest BCUT2D eigenvalue weighted by atomic mass is 14.1. The molecule has 0 bridgehead atoms. The van der Waals surface area contributed by atoms with Crippen molar-refractivity contribution >= 4 is 7.85 Å². The molecular weight excluding hydrogens is 131 g/mol. The zero-order valence-corrected chi connectivity index (χ0v) is 8.69. The van der Waals surface area contributed by atoms with Gasteiger partial charge in [0.25, 0.3) is 0 Å². The molecule has 0 aliphatic carbocycles. The summed E-state index contributed by atoms with van der Waals surface area (Å²) in [4.78, 5) is 0. The Morgan fingerprint density at radius 2 is 1.55 bits per heavy atom. The van der Waals surface area contributed by atoms with Crippen molar-refractivity contribution in [3.63, 3.8) is 0 Å². The van der Waals surface area contributed by atoms with Gasteiger partial charge >= 0.3 is 0 Å². The van der Waals surface area contributed by atoms with E-state index in [1.165, 1.54) is 32.1 Å². The molecule has 0 N–H and O–H groups in total. The Labute approximate surface area is 73.2 Å². The van der Waals surface area contributed by atoms with Crippen molar-refractivity contribution in [2.75, 3.05) is 0 Å². The fourth-order valence-corrected chi connectivity index (χ4v) is 1.86. The van der Waals surface area contributed by atoms with E-state index in [1.54, 1.807) is 0 Å². The minimum Gasteiger partial charge on any atom is -0.0722 e. The van der Waals surface area contributed by atoms with Crippen LogP contribution in [0.1, 0.15) is 52.9 Å². The summed E-state index contributed by atoms with van der Waals surface area (Å²) in [5, 5.41) is 0. The molecule has 1 atom stereocenters. The molecule has 0 rings (SSSR count). The first kappa shape index (κ1) is 11.1. The summed E-state index contributed by atoms with van der Waals surface area (Å²) in [6.45, 7) is 6.92. The van der Waals surface area contributed by atoms with E-state index >= 15 is 0 Å². The summed E-state index contributed by atoms with van der Waals surface area (Å²) >= 11 is 0. The van der Waals surface area contributed by atoms with Gasteiger partial charge in [-0.1, -0.05) is 58.7 Å². The van der Waals surface area contributed by atoms with Crippen molar-refractivity contribution in [1.29, 1.82) is 0 Å². The van der Waals surface area contributed by atoms with Crippen molar-refractivity contribution in [1.82, 2.24) is 0 Å². The van der Waals surface area contributed by atoms with E-state index in [1.807, 2.05) is 0 Å². The zero-order chi connectivity index (χ0) is 8.69. The van der Waals surface area contributed by atoms with Crippen molar-refractivity contribution in [3.05, 3.63) is 0 Å². The minimum absolute atomic E-state index is 0.887. The van der Waals surface area contributed by atoms with Crippen molar-refractivity contribution in [2.45, 2.75) is 58.7 Å². The standard InChI is InChI=1S/C10H23B/c1-4-6-10(7-5-2)8-9(3)11/h9-10H,4-8,11H2,1-3H3. The lowest BCUT2D eigenvalue weighted by atomic mass is 9.79. The van der Waals surface area contributed by atoms with Crippen LogP contribution in [0.5, 0.6) is 0 Å². The second-order valence-electron chi connectivity index (χ2n) is 4.07. The Balaban J connectivity index is 3.50. The smallest absolute Gasteiger partial charge is 0.0722 e. The van der Waals surface area contributed by atoms with Gasteiger partial charge in [-0.25, -0.2) is 0 Å². The summed E-state index contributed by atoms with van der Waals surface area (Å²) < 4.78 is 0. The van der Waals surface area contributed by atoms with Crippen molar-refractivity contribution in [3.8, 4) is 0 Å². The largest absolute Gasteiger partial charge is 0.105 e. The highest BCUT2D eigenvalue weighted by molar-refractivity contribution is 6.11. The van der Waals surface area contributed by atoms with E-state index in [-0.39, 0.29) is 0 Å². The first-order valence-electron chi connectivity index (χ1n) is 5.20. The SMILES string of the molecule is BC(C)CC(CCC)CCC. The quantitative estimate of drug-likeness (QED) is 0.516. The highest BCUT2D eigenvalue weighted by Gasteiger charge is 2.07. The summed E-state index contributed by atoms with van der Waals surface area (Å²) in [7, 11) is 2.33. The van der Waals surface area contributed by atoms with Crippen molar-refractivity contribution in [2.24, 2.45) is 5.92 Å². The molecule has 0 spiro atoms. The van der Waals surface area contributed by atoms with E-state index in [0.29, 0.717) is 0 Å². The van der Waals surface area contributed by atoms with Crippen LogP contribution in [0, 0.1) is 5.92 Å². The van der Waals surface area contributed by atoms with Gasteiger partial charge in [0.2, 0.25) is 0 Å². The summed E-state index contributed by atoms with van der Waals surface area (Å²) in [6.07, 6.45) is 7.02. The molecular formula is C10H23B. The fraction of sp³-hybridized carbons (Fsp3) is 1.00. The van der Waals surface area contributed by atoms with E-state index in [2.05, 4.69) is 28.6 Å². The second kappa shape index (κ2) is 6.76. The second-order valence-corrected chi connectivity index (χ2v) is 4.07. The average molecular weight is 154 g/mol. The topological polar surface area (TPSA) is 0 Å². The molecule has 0 aromatic rings. The Hall–Kier alpha value is 0.0649. The van der Waals surface area contributed by atoms with Gasteiger partial charge in [0.15, 0.2) is 0 Å². The molecule has 0 nitrogen and oxygen atoms in total. The number of hydrogen-bond acceptors (Lipinski definition) is 0. The Kier molecular flexibility index (Phi) is 6.80. The van der Waals surface area contributed by atoms with Crippen LogP contribution in [0.4, 0.5) is 0 Å². The van der Waals surface area contributed by atoms with Crippen LogP contribution < -0.4 is 0 Å². The van der Waals surface area contributed by atoms with Crippen LogP contribution in [0.25, 0.3) is 0 Å². The van der Waals surface area contributed by atoms with Gasteiger partial charge in [-0.05, 0) is 5.92 Å². The van der Waals surface area contributed by atoms with Crippen LogP contribution in [0.3, 0.4) is 0 Å². The number of rotatable bonds is 6. The normalized spacial score (nSPS) is 13.8. The lowest BCUT2D eigenvalue weighted by molar-refractivity contribution is 0.407. The predicted molar refractivity (Wildman–Crippen MR) is 55.9 cm³/mol. The highest BCUT2D eigenvalue weighted by Crippen LogP contribution is 2.22. The summed E-state index contributed by atoms with van der Waals surface area (Å²) in [6, 6.07) is 0. The van der Waals surface area contributed by atoms with Crippen LogP contribution >= 0.6 is 0 Å². The third-order valence-corrected chi connectivity index (χ3v) is 2.20. The van der Waals surface area contributed by atoms with Gasteiger partial charge in [0.05, 0.1) is 0 Å². The first-order valence-corrected chi connectivity index (χ1v) is 5.20. The van der Waals surface area contributed by atoms with Gasteiger partial charge in [-0.2, -0.15) is 0 Å². The van der Waals surface area contributed by atoms with E-state index < -0.39 is 0 Å². The molecule has 0 aliphatic rings. The minimum atomic E-state index is 0.887. The third-order valence-electron chi connectivity index (χ3n) is 2.20. The maximum absolute atomic E-state index is 2.33. The van der Waals surface area contributed by atoms with Gasteiger partial charge in [0, 0.05) is 0 Å². The summed E-state index contributed by atoms with van der Waals surface area (Å²) in [5.41, 5.74) is 0. The zero-order valence-electron chi connectivity index (χ0n) is 8.69. The lowest BCUT2D eigenvalue weighted by Crippen LogP contribution is -2.02. The molecule has 11 heavy (non-hydrogen) atoms. The molecule has 0 aromatic heterocycles. The van der Waals surface area contributed by atoms with Crippen LogP contribution in [0.2, 0.25) is 5.82 Å². The molecule has 0 aliphatic heterocycles. The molecule has 0 aromatic carbocycles. The maximum Gasteiger partial charge on any atom is 0.105 e. The summed E-state index contributed by atoms with van der Waals surface area (Å²) in [5.74, 6) is 1.89. The fourth-order valence-electron chi connectivity index (χ4n) is 1.86. The Morgan fingerprint density at radius 1 is 1.09 bits per heavy atom. The molecule has 0 heterocycles. The molecule has 1 heteroatoms. The predicted octanol–water partition coefficient (Wildman–Crippen LogP) is 3.03. The molecule has 0 fully saturated rings. The molecule has 0 amide bonds. The Bertz CT molecular complexity index is 72.9. The lowest BCUT2D eigenvalue weighted by Gasteiger charge is -2.16. The first-order chi connectivity index (χ1) is 5.20. The van der Waals surface area contributed by atoms with E-state index in [0.717, 1.165) is 11.7 Å². The number of hydrogen-bond donors (Lipinski definition) is 0. The molecule has 0 radical (unpaired) electrons. The van der Waals surface area contributed by atoms with Gasteiger partial charge in [0.1, 0.15) is 7.85 Å². The molecule has 0 saturated heterocycles. The Morgan fingerprint density at radius 3 is 1.82 bits per heavy atom. The van der Waals surface area contributed by atoms with Crippen LogP contribution in [-0.2, 0) is 0 Å². The monoisotopic (exact) mass is 154 g/mol.